The zero-order valence-electron chi connectivity index (χ0n) is 17.9. The maximum absolute atomic E-state index is 13.0. The molecule has 162 valence electrons. The van der Waals surface area contributed by atoms with E-state index < -0.39 is 30.2 Å². The lowest BCUT2D eigenvalue weighted by molar-refractivity contribution is -0.163. The molecule has 8 heteroatoms. The summed E-state index contributed by atoms with van der Waals surface area (Å²) < 4.78 is 5.32. The second-order valence-corrected chi connectivity index (χ2v) is 8.95. The number of amides is 4. The summed E-state index contributed by atoms with van der Waals surface area (Å²) in [5, 5.41) is 2.82. The molecule has 4 amide bonds. The van der Waals surface area contributed by atoms with Gasteiger partial charge in [0.1, 0.15) is 12.1 Å². The minimum Gasteiger partial charge on any atom is -0.451 e. The van der Waals surface area contributed by atoms with Gasteiger partial charge in [0.15, 0.2) is 6.10 Å². The van der Waals surface area contributed by atoms with E-state index in [2.05, 4.69) is 5.32 Å². The normalized spacial score (nSPS) is 33.6. The first-order valence-electron chi connectivity index (χ1n) is 10.8. The first-order chi connectivity index (χ1) is 13.7. The standard InChI is InChI=1S/C21H33N3O5/c1-13-8-5-6-11-21(13)19(27)23(20(28)22-21)12-17(25)29-16(4)18(26)24-14(2)9-7-10-15(24)3/h13-16H,5-12H2,1-4H3,(H,22,28)/t13-,14-,15+,16-,21+/m0/s1. The summed E-state index contributed by atoms with van der Waals surface area (Å²) in [7, 11) is 0. The molecule has 3 rings (SSSR count). The molecule has 5 atom stereocenters. The highest BCUT2D eigenvalue weighted by molar-refractivity contribution is 6.09. The lowest BCUT2D eigenvalue weighted by atomic mass is 9.73. The van der Waals surface area contributed by atoms with Crippen molar-refractivity contribution in [2.24, 2.45) is 5.92 Å². The molecule has 3 fully saturated rings. The van der Waals surface area contributed by atoms with E-state index in [0.29, 0.717) is 6.42 Å². The van der Waals surface area contributed by atoms with Gasteiger partial charge in [-0.25, -0.2) is 4.79 Å². The van der Waals surface area contributed by atoms with Crippen molar-refractivity contribution in [3.05, 3.63) is 0 Å². The number of likely N-dealkylation sites (tertiary alicyclic amines) is 1. The van der Waals surface area contributed by atoms with Gasteiger partial charge < -0.3 is 15.0 Å². The Morgan fingerprint density at radius 2 is 1.76 bits per heavy atom. The molecule has 29 heavy (non-hydrogen) atoms. The third-order valence-electron chi connectivity index (χ3n) is 6.89. The zero-order chi connectivity index (χ0) is 21.3. The number of nitrogens with one attached hydrogen (secondary N) is 1. The molecule has 0 aromatic heterocycles. The molecule has 2 aliphatic heterocycles. The fourth-order valence-electron chi connectivity index (χ4n) is 5.12. The number of piperidine rings is 1. The average Bonchev–Trinajstić information content (AvgIpc) is 2.89. The third-order valence-corrected chi connectivity index (χ3v) is 6.89. The van der Waals surface area contributed by atoms with Crippen LogP contribution in [0.25, 0.3) is 0 Å². The number of imide groups is 1. The number of urea groups is 1. The molecule has 0 aromatic rings. The minimum atomic E-state index is -0.950. The zero-order valence-corrected chi connectivity index (χ0v) is 17.9. The first kappa shape index (κ1) is 21.6. The van der Waals surface area contributed by atoms with E-state index in [1.165, 1.54) is 0 Å². The van der Waals surface area contributed by atoms with E-state index in [1.54, 1.807) is 11.8 Å². The fourth-order valence-corrected chi connectivity index (χ4v) is 5.12. The monoisotopic (exact) mass is 407 g/mol. The van der Waals surface area contributed by atoms with E-state index in [4.69, 9.17) is 4.74 Å². The molecular weight excluding hydrogens is 374 g/mol. The predicted octanol–water partition coefficient (Wildman–Crippen LogP) is 2.21. The van der Waals surface area contributed by atoms with Crippen LogP contribution in [-0.2, 0) is 19.1 Å². The molecule has 0 aromatic carbocycles. The van der Waals surface area contributed by atoms with Crippen molar-refractivity contribution in [3.8, 4) is 0 Å². The Labute approximate surface area is 172 Å². The number of ether oxygens (including phenoxy) is 1. The maximum Gasteiger partial charge on any atom is 0.327 e. The third kappa shape index (κ3) is 3.98. The predicted molar refractivity (Wildman–Crippen MR) is 106 cm³/mol. The van der Waals surface area contributed by atoms with Crippen LogP contribution >= 0.6 is 0 Å². The largest absolute Gasteiger partial charge is 0.451 e. The van der Waals surface area contributed by atoms with Gasteiger partial charge in [-0.15, -0.1) is 0 Å². The van der Waals surface area contributed by atoms with Gasteiger partial charge in [0.2, 0.25) is 0 Å². The Balaban J connectivity index is 1.61. The molecule has 0 radical (unpaired) electrons. The van der Waals surface area contributed by atoms with Gasteiger partial charge in [0.25, 0.3) is 11.8 Å². The number of hydrogen-bond acceptors (Lipinski definition) is 5. The van der Waals surface area contributed by atoms with Crippen molar-refractivity contribution in [2.45, 2.75) is 96.4 Å². The molecule has 1 N–H and O–H groups in total. The number of nitrogens with zero attached hydrogens (tertiary/aromatic N) is 2. The van der Waals surface area contributed by atoms with Crippen LogP contribution in [0.3, 0.4) is 0 Å². The van der Waals surface area contributed by atoms with Crippen LogP contribution in [-0.4, -0.2) is 63.9 Å². The molecule has 0 bridgehead atoms. The molecule has 1 aliphatic carbocycles. The highest BCUT2D eigenvalue weighted by Crippen LogP contribution is 2.38. The quantitative estimate of drug-likeness (QED) is 0.569. The topological polar surface area (TPSA) is 96.0 Å². The number of carbonyl (C=O) groups excluding carboxylic acids is 4. The van der Waals surface area contributed by atoms with E-state index in [1.807, 2.05) is 20.8 Å². The number of rotatable bonds is 4. The van der Waals surface area contributed by atoms with Gasteiger partial charge in [-0.2, -0.15) is 0 Å². The summed E-state index contributed by atoms with van der Waals surface area (Å²) >= 11 is 0. The van der Waals surface area contributed by atoms with Crippen molar-refractivity contribution in [1.82, 2.24) is 15.1 Å². The van der Waals surface area contributed by atoms with Gasteiger partial charge in [-0.05, 0) is 58.8 Å². The Kier molecular flexibility index (Phi) is 6.19. The van der Waals surface area contributed by atoms with E-state index in [0.717, 1.165) is 43.4 Å². The summed E-state index contributed by atoms with van der Waals surface area (Å²) in [6, 6.07) is -0.352. The van der Waals surface area contributed by atoms with Crippen LogP contribution in [0.2, 0.25) is 0 Å². The average molecular weight is 408 g/mol. The van der Waals surface area contributed by atoms with Gasteiger partial charge >= 0.3 is 12.0 Å². The molecule has 8 nitrogen and oxygen atoms in total. The number of esters is 1. The second-order valence-electron chi connectivity index (χ2n) is 8.95. The van der Waals surface area contributed by atoms with Crippen molar-refractivity contribution >= 4 is 23.8 Å². The molecule has 3 aliphatic rings. The van der Waals surface area contributed by atoms with E-state index in [-0.39, 0.29) is 29.8 Å². The SMILES string of the molecule is C[C@H](OC(=O)CN1C(=O)N[C@@]2(CCCC[C@@H]2C)C1=O)C(=O)N1[C@H](C)CCC[C@@H]1C. The molecular formula is C21H33N3O5. The Morgan fingerprint density at radius 3 is 2.38 bits per heavy atom. The van der Waals surface area contributed by atoms with Crippen LogP contribution in [0.1, 0.15) is 72.6 Å². The summed E-state index contributed by atoms with van der Waals surface area (Å²) in [5.74, 6) is -1.31. The Morgan fingerprint density at radius 1 is 1.10 bits per heavy atom. The summed E-state index contributed by atoms with van der Waals surface area (Å²) in [6.45, 7) is 7.04. The van der Waals surface area contributed by atoms with Crippen LogP contribution in [0.15, 0.2) is 0 Å². The van der Waals surface area contributed by atoms with Crippen LogP contribution in [0, 0.1) is 5.92 Å². The Hall–Kier alpha value is -2.12. The smallest absolute Gasteiger partial charge is 0.327 e. The van der Waals surface area contributed by atoms with Crippen molar-refractivity contribution in [3.63, 3.8) is 0 Å². The lowest BCUT2D eigenvalue weighted by Crippen LogP contribution is -2.54. The molecule has 1 spiro atoms. The molecule has 2 saturated heterocycles. The van der Waals surface area contributed by atoms with Gasteiger partial charge in [0, 0.05) is 12.1 Å². The van der Waals surface area contributed by atoms with E-state index in [9.17, 15) is 19.2 Å². The van der Waals surface area contributed by atoms with Crippen molar-refractivity contribution in [2.75, 3.05) is 6.54 Å². The number of carbonyl (C=O) groups is 4. The lowest BCUT2D eigenvalue weighted by Gasteiger charge is -2.40. The fraction of sp³-hybridized carbons (Fsp3) is 0.810. The van der Waals surface area contributed by atoms with Gasteiger partial charge in [-0.1, -0.05) is 19.8 Å². The molecule has 1 saturated carbocycles. The number of hydrogen-bond donors (Lipinski definition) is 1. The Bertz CT molecular complexity index is 686. The molecule has 0 unspecified atom stereocenters. The van der Waals surface area contributed by atoms with Crippen LogP contribution in [0.5, 0.6) is 0 Å². The maximum atomic E-state index is 13.0. The van der Waals surface area contributed by atoms with E-state index >= 15 is 0 Å². The summed E-state index contributed by atoms with van der Waals surface area (Å²) in [6.07, 6.45) is 5.33. The van der Waals surface area contributed by atoms with Crippen LogP contribution in [0.4, 0.5) is 4.79 Å². The van der Waals surface area contributed by atoms with Crippen molar-refractivity contribution < 1.29 is 23.9 Å². The minimum absolute atomic E-state index is 0.0244. The highest BCUT2D eigenvalue weighted by Gasteiger charge is 2.55. The van der Waals surface area contributed by atoms with Crippen LogP contribution < -0.4 is 5.32 Å². The van der Waals surface area contributed by atoms with Gasteiger partial charge in [-0.3, -0.25) is 19.3 Å². The van der Waals surface area contributed by atoms with Crippen molar-refractivity contribution in [1.29, 1.82) is 0 Å². The summed E-state index contributed by atoms with van der Waals surface area (Å²) in [4.78, 5) is 53.3. The second kappa shape index (κ2) is 8.32. The first-order valence-corrected chi connectivity index (χ1v) is 10.8. The van der Waals surface area contributed by atoms with Gasteiger partial charge in [0.05, 0.1) is 0 Å². The highest BCUT2D eigenvalue weighted by atomic mass is 16.5. The summed E-state index contributed by atoms with van der Waals surface area (Å²) in [5.41, 5.74) is -0.907. The molecule has 2 heterocycles.